The van der Waals surface area contributed by atoms with Crippen LogP contribution in [0.5, 0.6) is 0 Å². The first-order valence-corrected chi connectivity index (χ1v) is 9.41. The number of imidazole rings is 1. The van der Waals surface area contributed by atoms with Crippen LogP contribution in [-0.4, -0.2) is 29.1 Å². The van der Waals surface area contributed by atoms with Gasteiger partial charge in [-0.15, -0.1) is 0 Å². The lowest BCUT2D eigenvalue weighted by Gasteiger charge is -2.12. The van der Waals surface area contributed by atoms with E-state index >= 15 is 0 Å². The number of anilines is 1. The molecule has 0 bridgehead atoms. The van der Waals surface area contributed by atoms with Gasteiger partial charge in [-0.05, 0) is 5.56 Å². The van der Waals surface area contributed by atoms with Gasteiger partial charge in [-0.1, -0.05) is 60.7 Å². The molecule has 0 aliphatic rings. The lowest BCUT2D eigenvalue weighted by Crippen LogP contribution is -2.12. The van der Waals surface area contributed by atoms with Crippen molar-refractivity contribution >= 4 is 11.6 Å². The van der Waals surface area contributed by atoms with E-state index in [1.807, 2.05) is 67.0 Å². The van der Waals surface area contributed by atoms with Gasteiger partial charge >= 0.3 is 0 Å². The van der Waals surface area contributed by atoms with E-state index in [4.69, 9.17) is 0 Å². The van der Waals surface area contributed by atoms with Gasteiger partial charge in [0.15, 0.2) is 0 Å². The van der Waals surface area contributed by atoms with E-state index in [-0.39, 0.29) is 0 Å². The Balaban J connectivity index is 1.42. The molecule has 3 heterocycles. The molecule has 0 radical (unpaired) electrons. The molecule has 0 aliphatic carbocycles. The van der Waals surface area contributed by atoms with Crippen LogP contribution in [0.4, 0.5) is 5.82 Å². The maximum Gasteiger partial charge on any atom is 0.254 e. The molecule has 0 amide bonds. The first kappa shape index (κ1) is 17.1. The summed E-state index contributed by atoms with van der Waals surface area (Å²) in [6.45, 7) is 1.34. The molecular weight excluding hydrogens is 362 g/mol. The molecule has 5 rings (SSSR count). The van der Waals surface area contributed by atoms with E-state index in [0.29, 0.717) is 12.3 Å². The number of benzene rings is 2. The molecule has 3 aromatic heterocycles. The van der Waals surface area contributed by atoms with Gasteiger partial charge in [-0.2, -0.15) is 14.6 Å². The third kappa shape index (κ3) is 3.58. The molecule has 0 atom stereocenters. The standard InChI is InChI=1S/C22H19N7/c1-3-7-17(8-4-1)15-28-12-11-23-21(28)14-24-20-13-19(18-9-5-2-6-10-18)27-22-25-16-26-29(20)22/h1-13,16,24H,14-15H2. The highest BCUT2D eigenvalue weighted by molar-refractivity contribution is 5.65. The van der Waals surface area contributed by atoms with Crippen LogP contribution in [0.1, 0.15) is 11.4 Å². The summed E-state index contributed by atoms with van der Waals surface area (Å²) < 4.78 is 3.84. The van der Waals surface area contributed by atoms with Crippen LogP contribution < -0.4 is 5.32 Å². The highest BCUT2D eigenvalue weighted by atomic mass is 15.4. The smallest absolute Gasteiger partial charge is 0.254 e. The van der Waals surface area contributed by atoms with Gasteiger partial charge in [-0.3, -0.25) is 0 Å². The second kappa shape index (κ2) is 7.55. The number of hydrogen-bond donors (Lipinski definition) is 1. The molecule has 0 unspecified atom stereocenters. The Morgan fingerprint density at radius 1 is 0.897 bits per heavy atom. The Morgan fingerprint density at radius 3 is 2.52 bits per heavy atom. The Hall–Kier alpha value is -4.00. The monoisotopic (exact) mass is 381 g/mol. The fourth-order valence-electron chi connectivity index (χ4n) is 3.30. The van der Waals surface area contributed by atoms with Crippen LogP contribution in [0, 0.1) is 0 Å². The third-order valence-electron chi connectivity index (χ3n) is 4.75. The van der Waals surface area contributed by atoms with E-state index in [1.54, 1.807) is 4.52 Å². The van der Waals surface area contributed by atoms with Gasteiger partial charge in [0.05, 0.1) is 12.2 Å². The molecule has 29 heavy (non-hydrogen) atoms. The number of rotatable bonds is 6. The van der Waals surface area contributed by atoms with Gasteiger partial charge in [0.25, 0.3) is 5.78 Å². The van der Waals surface area contributed by atoms with Crippen molar-refractivity contribution in [1.82, 2.24) is 29.1 Å². The van der Waals surface area contributed by atoms with Gasteiger partial charge in [0.2, 0.25) is 0 Å². The highest BCUT2D eigenvalue weighted by Crippen LogP contribution is 2.21. The van der Waals surface area contributed by atoms with E-state index in [9.17, 15) is 0 Å². The number of fused-ring (bicyclic) bond motifs is 1. The van der Waals surface area contributed by atoms with E-state index < -0.39 is 0 Å². The molecule has 0 saturated heterocycles. The van der Waals surface area contributed by atoms with Gasteiger partial charge < -0.3 is 9.88 Å². The first-order chi connectivity index (χ1) is 14.4. The van der Waals surface area contributed by atoms with Crippen LogP contribution >= 0.6 is 0 Å². The van der Waals surface area contributed by atoms with Crippen molar-refractivity contribution in [2.24, 2.45) is 0 Å². The maximum absolute atomic E-state index is 4.61. The first-order valence-electron chi connectivity index (χ1n) is 9.41. The number of hydrogen-bond acceptors (Lipinski definition) is 5. The Bertz CT molecular complexity index is 1230. The summed E-state index contributed by atoms with van der Waals surface area (Å²) in [6, 6.07) is 22.4. The second-order valence-electron chi connectivity index (χ2n) is 6.68. The summed E-state index contributed by atoms with van der Waals surface area (Å²) in [7, 11) is 0. The topological polar surface area (TPSA) is 72.9 Å². The average Bonchev–Trinajstić information content (AvgIpc) is 3.42. The zero-order valence-electron chi connectivity index (χ0n) is 15.7. The van der Waals surface area contributed by atoms with Crippen LogP contribution in [0.2, 0.25) is 0 Å². The van der Waals surface area contributed by atoms with Gasteiger partial charge in [0, 0.05) is 30.6 Å². The number of nitrogens with one attached hydrogen (secondary N) is 1. The van der Waals surface area contributed by atoms with Crippen molar-refractivity contribution in [3.05, 3.63) is 96.8 Å². The van der Waals surface area contributed by atoms with Crippen molar-refractivity contribution in [2.45, 2.75) is 13.1 Å². The summed E-state index contributed by atoms with van der Waals surface area (Å²) in [5, 5.41) is 7.75. The minimum absolute atomic E-state index is 0.557. The Morgan fingerprint density at radius 2 is 1.69 bits per heavy atom. The van der Waals surface area contributed by atoms with Crippen LogP contribution in [0.25, 0.3) is 17.0 Å². The summed E-state index contributed by atoms with van der Waals surface area (Å²) in [5.41, 5.74) is 3.12. The average molecular weight is 381 g/mol. The van der Waals surface area contributed by atoms with Crippen molar-refractivity contribution in [2.75, 3.05) is 5.32 Å². The Labute approximate surface area is 167 Å². The number of nitrogens with zero attached hydrogens (tertiary/aromatic N) is 6. The molecule has 7 nitrogen and oxygen atoms in total. The SMILES string of the molecule is c1ccc(Cn2ccnc2CNc2cc(-c3ccccc3)nc3ncnn23)cc1. The largest absolute Gasteiger partial charge is 0.363 e. The molecule has 7 heteroatoms. The summed E-state index contributed by atoms with van der Waals surface area (Å²) in [6.07, 6.45) is 5.34. The van der Waals surface area contributed by atoms with Crippen molar-refractivity contribution in [1.29, 1.82) is 0 Å². The molecule has 0 saturated carbocycles. The predicted molar refractivity (Wildman–Crippen MR) is 111 cm³/mol. The fourth-order valence-corrected chi connectivity index (χ4v) is 3.30. The summed E-state index contributed by atoms with van der Waals surface area (Å²) >= 11 is 0. The molecular formula is C22H19N7. The summed E-state index contributed by atoms with van der Waals surface area (Å²) in [5.74, 6) is 2.32. The van der Waals surface area contributed by atoms with E-state index in [2.05, 4.69) is 42.1 Å². The zero-order chi connectivity index (χ0) is 19.5. The van der Waals surface area contributed by atoms with Crippen LogP contribution in [-0.2, 0) is 13.1 Å². The summed E-state index contributed by atoms with van der Waals surface area (Å²) in [4.78, 5) is 13.4. The van der Waals surface area contributed by atoms with Gasteiger partial charge in [-0.25, -0.2) is 9.97 Å². The van der Waals surface area contributed by atoms with Crippen molar-refractivity contribution in [3.8, 4) is 11.3 Å². The van der Waals surface area contributed by atoms with E-state index in [0.717, 1.165) is 29.4 Å². The lowest BCUT2D eigenvalue weighted by atomic mass is 10.1. The maximum atomic E-state index is 4.61. The van der Waals surface area contributed by atoms with Crippen LogP contribution in [0.3, 0.4) is 0 Å². The molecule has 2 aromatic carbocycles. The molecule has 5 aromatic rings. The lowest BCUT2D eigenvalue weighted by molar-refractivity contribution is 0.732. The number of aromatic nitrogens is 6. The van der Waals surface area contributed by atoms with Crippen LogP contribution in [0.15, 0.2) is 85.5 Å². The highest BCUT2D eigenvalue weighted by Gasteiger charge is 2.10. The minimum atomic E-state index is 0.557. The Kier molecular flexibility index (Phi) is 4.46. The fraction of sp³-hybridized carbons (Fsp3) is 0.0909. The normalized spacial score (nSPS) is 11.0. The molecule has 1 N–H and O–H groups in total. The third-order valence-corrected chi connectivity index (χ3v) is 4.75. The van der Waals surface area contributed by atoms with Crippen molar-refractivity contribution in [3.63, 3.8) is 0 Å². The zero-order valence-corrected chi connectivity index (χ0v) is 15.7. The molecule has 142 valence electrons. The molecule has 0 aliphatic heterocycles. The molecule has 0 spiro atoms. The second-order valence-corrected chi connectivity index (χ2v) is 6.68. The van der Waals surface area contributed by atoms with Gasteiger partial charge in [0.1, 0.15) is 18.0 Å². The minimum Gasteiger partial charge on any atom is -0.363 e. The quantitative estimate of drug-likeness (QED) is 0.486. The van der Waals surface area contributed by atoms with Crippen molar-refractivity contribution < 1.29 is 0 Å². The predicted octanol–water partition coefficient (Wildman–Crippen LogP) is 3.65. The molecule has 0 fully saturated rings. The van der Waals surface area contributed by atoms with E-state index in [1.165, 1.54) is 11.9 Å².